The zero-order valence-corrected chi connectivity index (χ0v) is 17.8. The Bertz CT molecular complexity index is 1220. The first kappa shape index (κ1) is 19.5. The number of hydrogen-bond acceptors (Lipinski definition) is 5. The van der Waals surface area contributed by atoms with Gasteiger partial charge in [-0.05, 0) is 25.3 Å². The maximum atomic E-state index is 11.5. The van der Waals surface area contributed by atoms with Gasteiger partial charge >= 0.3 is 0 Å². The highest BCUT2D eigenvalue weighted by atomic mass is 16.1. The second-order valence-electron chi connectivity index (χ2n) is 8.07. The first-order chi connectivity index (χ1) is 15.1. The number of carbonyl (C=O) groups excluding carboxylic acids is 1. The second kappa shape index (κ2) is 7.98. The van der Waals surface area contributed by atoms with Crippen LogP contribution in [0.25, 0.3) is 28.0 Å². The summed E-state index contributed by atoms with van der Waals surface area (Å²) in [5.41, 5.74) is 4.47. The van der Waals surface area contributed by atoms with Crippen molar-refractivity contribution in [2.24, 2.45) is 0 Å². The van der Waals surface area contributed by atoms with E-state index in [2.05, 4.69) is 40.7 Å². The number of amides is 1. The van der Waals surface area contributed by atoms with Crippen LogP contribution in [0.1, 0.15) is 45.6 Å². The molecule has 1 N–H and O–H groups in total. The van der Waals surface area contributed by atoms with Crippen LogP contribution in [0.3, 0.4) is 0 Å². The van der Waals surface area contributed by atoms with Gasteiger partial charge in [-0.3, -0.25) is 14.2 Å². The number of aromatic nitrogens is 7. The highest BCUT2D eigenvalue weighted by molar-refractivity contribution is 5.79. The van der Waals surface area contributed by atoms with Crippen molar-refractivity contribution in [1.29, 1.82) is 0 Å². The predicted molar refractivity (Wildman–Crippen MR) is 116 cm³/mol. The molecule has 9 heteroatoms. The van der Waals surface area contributed by atoms with Gasteiger partial charge in [0.1, 0.15) is 0 Å². The molecule has 0 spiro atoms. The lowest BCUT2D eigenvalue weighted by Gasteiger charge is -2.12. The van der Waals surface area contributed by atoms with Gasteiger partial charge in [-0.25, -0.2) is 9.50 Å². The van der Waals surface area contributed by atoms with E-state index in [0.29, 0.717) is 19.0 Å². The molecule has 5 heterocycles. The molecule has 1 fully saturated rings. The molecule has 1 aliphatic heterocycles. The molecule has 31 heavy (non-hydrogen) atoms. The van der Waals surface area contributed by atoms with E-state index in [1.54, 1.807) is 6.20 Å². The van der Waals surface area contributed by atoms with Crippen LogP contribution in [0.4, 0.5) is 0 Å². The summed E-state index contributed by atoms with van der Waals surface area (Å²) in [6, 6.07) is 2.48. The summed E-state index contributed by atoms with van der Waals surface area (Å²) in [7, 11) is 0. The Morgan fingerprint density at radius 1 is 1.10 bits per heavy atom. The van der Waals surface area contributed by atoms with E-state index in [4.69, 9.17) is 4.98 Å². The first-order valence-electron chi connectivity index (χ1n) is 10.9. The summed E-state index contributed by atoms with van der Waals surface area (Å²) in [6.45, 7) is 5.02. The van der Waals surface area contributed by atoms with Gasteiger partial charge in [0.25, 0.3) is 0 Å². The minimum Gasteiger partial charge on any atom is -0.351 e. The Morgan fingerprint density at radius 3 is 2.71 bits per heavy atom. The van der Waals surface area contributed by atoms with Gasteiger partial charge < -0.3 is 5.32 Å². The Kier molecular flexibility index (Phi) is 5.01. The van der Waals surface area contributed by atoms with E-state index in [0.717, 1.165) is 47.3 Å². The number of nitrogens with zero attached hydrogens (tertiary/aromatic N) is 7. The van der Waals surface area contributed by atoms with Crippen molar-refractivity contribution in [3.8, 4) is 22.5 Å². The van der Waals surface area contributed by atoms with Crippen LogP contribution < -0.4 is 5.32 Å². The smallest absolute Gasteiger partial charge is 0.220 e. The van der Waals surface area contributed by atoms with Crippen LogP contribution in [0, 0.1) is 0 Å². The van der Waals surface area contributed by atoms with Crippen molar-refractivity contribution in [3.63, 3.8) is 0 Å². The average molecular weight is 419 g/mol. The predicted octanol–water partition coefficient (Wildman–Crippen LogP) is 3.10. The van der Waals surface area contributed by atoms with Crippen molar-refractivity contribution in [1.82, 2.24) is 39.5 Å². The number of rotatable bonds is 7. The van der Waals surface area contributed by atoms with E-state index < -0.39 is 0 Å². The summed E-state index contributed by atoms with van der Waals surface area (Å²) in [5.74, 6) is 0.113. The monoisotopic (exact) mass is 418 g/mol. The molecule has 4 aromatic heterocycles. The van der Waals surface area contributed by atoms with E-state index in [9.17, 15) is 4.79 Å². The molecule has 1 aliphatic rings. The van der Waals surface area contributed by atoms with E-state index in [1.165, 1.54) is 0 Å². The van der Waals surface area contributed by atoms with Crippen LogP contribution in [0.15, 0.2) is 43.2 Å². The molecule has 5 rings (SSSR count). The quantitative estimate of drug-likeness (QED) is 0.498. The fraction of sp³-hybridized carbons (Fsp3) is 0.409. The molecule has 0 aromatic carbocycles. The van der Waals surface area contributed by atoms with Gasteiger partial charge in [-0.2, -0.15) is 15.3 Å². The van der Waals surface area contributed by atoms with Gasteiger partial charge in [0, 0.05) is 36.0 Å². The molecule has 160 valence electrons. The number of nitrogens with one attached hydrogen (secondary N) is 1. The zero-order chi connectivity index (χ0) is 21.4. The summed E-state index contributed by atoms with van der Waals surface area (Å²) >= 11 is 0. The molecule has 9 nitrogen and oxygen atoms in total. The zero-order valence-electron chi connectivity index (χ0n) is 17.8. The molecule has 1 atom stereocenters. The molecule has 1 amide bonds. The van der Waals surface area contributed by atoms with Crippen molar-refractivity contribution in [2.75, 3.05) is 0 Å². The minimum atomic E-state index is 0.113. The third-order valence-corrected chi connectivity index (χ3v) is 6.00. The lowest BCUT2D eigenvalue weighted by atomic mass is 10.1. The second-order valence-corrected chi connectivity index (χ2v) is 8.07. The van der Waals surface area contributed by atoms with Gasteiger partial charge in [0.05, 0.1) is 54.3 Å². The van der Waals surface area contributed by atoms with Gasteiger partial charge in [0.2, 0.25) is 5.91 Å². The van der Waals surface area contributed by atoms with Crippen LogP contribution in [-0.4, -0.2) is 46.1 Å². The van der Waals surface area contributed by atoms with Crippen LogP contribution in [-0.2, 0) is 11.3 Å². The third kappa shape index (κ3) is 3.71. The molecular formula is C22H26N8O. The average Bonchev–Trinajstić information content (AvgIpc) is 3.56. The largest absolute Gasteiger partial charge is 0.351 e. The Balaban J connectivity index is 1.48. The van der Waals surface area contributed by atoms with E-state index in [-0.39, 0.29) is 11.9 Å². The SMILES string of the molecule is CCC(CC)n1cc(-c2nc(-c3cnn(CC4CCC(=O)N4)c3)cn3nccc23)cn1. The molecule has 4 aromatic rings. The fourth-order valence-electron chi connectivity index (χ4n) is 4.24. The summed E-state index contributed by atoms with van der Waals surface area (Å²) in [6.07, 6.45) is 14.9. The molecule has 0 aliphatic carbocycles. The molecule has 1 unspecified atom stereocenters. The van der Waals surface area contributed by atoms with E-state index in [1.807, 2.05) is 44.7 Å². The summed E-state index contributed by atoms with van der Waals surface area (Å²) in [4.78, 5) is 16.4. The Hall–Kier alpha value is -3.49. The molecule has 0 saturated carbocycles. The van der Waals surface area contributed by atoms with E-state index >= 15 is 0 Å². The standard InChI is InChI=1S/C22H26N8O/c1-3-18(4-2)29-12-16(10-25-29)22-20-7-8-23-30(20)14-19(27-22)15-9-24-28(11-15)13-17-5-6-21(31)26-17/h7-12,14,17-18H,3-6,13H2,1-2H3,(H,26,31). The molecule has 1 saturated heterocycles. The maximum absolute atomic E-state index is 11.5. The van der Waals surface area contributed by atoms with Crippen molar-refractivity contribution in [3.05, 3.63) is 43.2 Å². The maximum Gasteiger partial charge on any atom is 0.220 e. The molecule has 0 radical (unpaired) electrons. The highest BCUT2D eigenvalue weighted by Gasteiger charge is 2.21. The first-order valence-corrected chi connectivity index (χ1v) is 10.9. The lowest BCUT2D eigenvalue weighted by Crippen LogP contribution is -2.29. The van der Waals surface area contributed by atoms with Gasteiger partial charge in [0.15, 0.2) is 0 Å². The summed E-state index contributed by atoms with van der Waals surface area (Å²) in [5, 5.41) is 16.5. The minimum absolute atomic E-state index is 0.113. The van der Waals surface area contributed by atoms with Crippen LogP contribution >= 0.6 is 0 Å². The normalized spacial score (nSPS) is 16.5. The van der Waals surface area contributed by atoms with Crippen LogP contribution in [0.2, 0.25) is 0 Å². The Labute approximate surface area is 180 Å². The topological polar surface area (TPSA) is 94.9 Å². The number of hydrogen-bond donors (Lipinski definition) is 1. The van der Waals surface area contributed by atoms with Gasteiger partial charge in [-0.1, -0.05) is 13.8 Å². The fourth-order valence-corrected chi connectivity index (χ4v) is 4.24. The highest BCUT2D eigenvalue weighted by Crippen LogP contribution is 2.28. The number of carbonyl (C=O) groups is 1. The van der Waals surface area contributed by atoms with Crippen molar-refractivity contribution < 1.29 is 4.79 Å². The Morgan fingerprint density at radius 2 is 1.94 bits per heavy atom. The summed E-state index contributed by atoms with van der Waals surface area (Å²) < 4.78 is 5.75. The van der Waals surface area contributed by atoms with Crippen molar-refractivity contribution in [2.45, 2.75) is 58.2 Å². The van der Waals surface area contributed by atoms with Crippen LogP contribution in [0.5, 0.6) is 0 Å². The molecular weight excluding hydrogens is 392 g/mol. The third-order valence-electron chi connectivity index (χ3n) is 6.00. The molecule has 0 bridgehead atoms. The van der Waals surface area contributed by atoms with Gasteiger partial charge in [-0.15, -0.1) is 0 Å². The number of fused-ring (bicyclic) bond motifs is 1. The lowest BCUT2D eigenvalue weighted by molar-refractivity contribution is -0.119. The van der Waals surface area contributed by atoms with Crippen molar-refractivity contribution >= 4 is 11.4 Å².